The van der Waals surface area contributed by atoms with E-state index in [-0.39, 0.29) is 16.3 Å². The molecule has 0 aromatic carbocycles. The van der Waals surface area contributed by atoms with Gasteiger partial charge in [0.15, 0.2) is 0 Å². The Morgan fingerprint density at radius 3 is 2.71 bits per heavy atom. The Hall–Kier alpha value is -1.36. The van der Waals surface area contributed by atoms with E-state index in [0.717, 1.165) is 6.42 Å². The number of carbonyl (C=O) groups is 1. The van der Waals surface area contributed by atoms with E-state index in [2.05, 4.69) is 36.1 Å². The number of amides is 1. The fourth-order valence-corrected chi connectivity index (χ4v) is 1.36. The van der Waals surface area contributed by atoms with Gasteiger partial charge in [0.1, 0.15) is 5.82 Å². The van der Waals surface area contributed by atoms with E-state index in [1.807, 2.05) is 0 Å². The van der Waals surface area contributed by atoms with Crippen LogP contribution < -0.4 is 11.1 Å². The smallest absolute Gasteiger partial charge is 0.254 e. The average molecular weight is 257 g/mol. The summed E-state index contributed by atoms with van der Waals surface area (Å²) in [6, 6.07) is 0. The van der Waals surface area contributed by atoms with Crippen LogP contribution in [0.5, 0.6) is 0 Å². The van der Waals surface area contributed by atoms with Crippen LogP contribution >= 0.6 is 11.6 Å². The van der Waals surface area contributed by atoms with Gasteiger partial charge in [0.25, 0.3) is 5.91 Å². The maximum atomic E-state index is 11.2. The van der Waals surface area contributed by atoms with Crippen LogP contribution in [0.2, 0.25) is 5.28 Å². The van der Waals surface area contributed by atoms with Crippen molar-refractivity contribution in [2.45, 2.75) is 27.2 Å². The van der Waals surface area contributed by atoms with Crippen molar-refractivity contribution in [3.8, 4) is 0 Å². The summed E-state index contributed by atoms with van der Waals surface area (Å²) >= 11 is 5.68. The van der Waals surface area contributed by atoms with Gasteiger partial charge in [0.05, 0.1) is 5.56 Å². The highest BCUT2D eigenvalue weighted by atomic mass is 35.5. The molecule has 0 unspecified atom stereocenters. The molecule has 94 valence electrons. The van der Waals surface area contributed by atoms with E-state index in [0.29, 0.717) is 12.4 Å². The lowest BCUT2D eigenvalue weighted by Gasteiger charge is -2.18. The minimum Gasteiger partial charge on any atom is -0.369 e. The van der Waals surface area contributed by atoms with Crippen LogP contribution in [0.1, 0.15) is 37.6 Å². The molecule has 1 heterocycles. The van der Waals surface area contributed by atoms with Crippen molar-refractivity contribution >= 4 is 23.3 Å². The molecule has 0 bridgehead atoms. The molecule has 17 heavy (non-hydrogen) atoms. The van der Waals surface area contributed by atoms with Crippen LogP contribution in [0.15, 0.2) is 6.20 Å². The Bertz CT molecular complexity index is 414. The molecule has 1 rings (SSSR count). The zero-order chi connectivity index (χ0) is 13.1. The van der Waals surface area contributed by atoms with Crippen molar-refractivity contribution in [3.63, 3.8) is 0 Å². The number of rotatable bonds is 4. The molecule has 3 N–H and O–H groups in total. The predicted molar refractivity (Wildman–Crippen MR) is 68.1 cm³/mol. The molecule has 0 saturated carbocycles. The molecule has 5 nitrogen and oxygen atoms in total. The largest absolute Gasteiger partial charge is 0.369 e. The van der Waals surface area contributed by atoms with Crippen LogP contribution in [0.3, 0.4) is 0 Å². The molecular formula is C11H17ClN4O. The first-order valence-electron chi connectivity index (χ1n) is 5.36. The van der Waals surface area contributed by atoms with Gasteiger partial charge >= 0.3 is 0 Å². The lowest BCUT2D eigenvalue weighted by Crippen LogP contribution is -2.18. The van der Waals surface area contributed by atoms with Gasteiger partial charge in [-0.2, -0.15) is 4.98 Å². The number of nitrogens with one attached hydrogen (secondary N) is 1. The molecule has 0 aliphatic heterocycles. The van der Waals surface area contributed by atoms with Crippen LogP contribution in [0, 0.1) is 5.41 Å². The van der Waals surface area contributed by atoms with E-state index >= 15 is 0 Å². The maximum absolute atomic E-state index is 11.2. The second-order valence-corrected chi connectivity index (χ2v) is 5.34. The standard InChI is InChI=1S/C11H17ClN4O/c1-11(2,3)4-5-14-9-7(8(13)17)6-15-10(12)16-9/h6H,4-5H2,1-3H3,(H2,13,17)(H,14,15,16). The van der Waals surface area contributed by atoms with E-state index in [9.17, 15) is 4.79 Å². The molecular weight excluding hydrogens is 240 g/mol. The molecule has 0 spiro atoms. The van der Waals surface area contributed by atoms with Crippen molar-refractivity contribution in [2.24, 2.45) is 11.1 Å². The van der Waals surface area contributed by atoms with E-state index in [1.54, 1.807) is 0 Å². The minimum absolute atomic E-state index is 0.0910. The molecule has 1 aromatic heterocycles. The first-order chi connectivity index (χ1) is 7.79. The van der Waals surface area contributed by atoms with E-state index in [1.165, 1.54) is 6.20 Å². The fraction of sp³-hybridized carbons (Fsp3) is 0.545. The quantitative estimate of drug-likeness (QED) is 0.808. The summed E-state index contributed by atoms with van der Waals surface area (Å²) in [4.78, 5) is 18.8. The normalized spacial score (nSPS) is 11.3. The molecule has 6 heteroatoms. The van der Waals surface area contributed by atoms with Gasteiger partial charge < -0.3 is 11.1 Å². The number of primary amides is 1. The summed E-state index contributed by atoms with van der Waals surface area (Å²) in [5.41, 5.74) is 5.68. The maximum Gasteiger partial charge on any atom is 0.254 e. The SMILES string of the molecule is CC(C)(C)CCNc1nc(Cl)ncc1C(N)=O. The summed E-state index contributed by atoms with van der Waals surface area (Å²) in [6.45, 7) is 7.10. The molecule has 1 aromatic rings. The number of carbonyl (C=O) groups excluding carboxylic acids is 1. The number of hydrogen-bond donors (Lipinski definition) is 2. The molecule has 1 amide bonds. The summed E-state index contributed by atoms with van der Waals surface area (Å²) in [5.74, 6) is -0.179. The van der Waals surface area contributed by atoms with Crippen molar-refractivity contribution < 1.29 is 4.79 Å². The van der Waals surface area contributed by atoms with E-state index < -0.39 is 5.91 Å². The highest BCUT2D eigenvalue weighted by molar-refractivity contribution is 6.28. The van der Waals surface area contributed by atoms with E-state index in [4.69, 9.17) is 17.3 Å². The second kappa shape index (κ2) is 5.31. The molecule has 0 atom stereocenters. The van der Waals surface area contributed by atoms with Gasteiger partial charge in [-0.15, -0.1) is 0 Å². The van der Waals surface area contributed by atoms with Gasteiger partial charge in [0, 0.05) is 12.7 Å². The Kier molecular flexibility index (Phi) is 4.28. The van der Waals surface area contributed by atoms with Crippen LogP contribution in [-0.2, 0) is 0 Å². The number of anilines is 1. The average Bonchev–Trinajstić information content (AvgIpc) is 2.15. The highest BCUT2D eigenvalue weighted by Crippen LogP contribution is 2.19. The van der Waals surface area contributed by atoms with Gasteiger partial charge in [-0.25, -0.2) is 4.98 Å². The first kappa shape index (κ1) is 13.7. The second-order valence-electron chi connectivity index (χ2n) is 5.00. The fourth-order valence-electron chi connectivity index (χ4n) is 1.23. The van der Waals surface area contributed by atoms with Crippen LogP contribution in [-0.4, -0.2) is 22.4 Å². The molecule has 0 saturated heterocycles. The highest BCUT2D eigenvalue weighted by Gasteiger charge is 2.13. The van der Waals surface area contributed by atoms with Gasteiger partial charge in [0.2, 0.25) is 5.28 Å². The molecule has 0 radical (unpaired) electrons. The minimum atomic E-state index is -0.570. The van der Waals surface area contributed by atoms with Crippen molar-refractivity contribution in [3.05, 3.63) is 17.0 Å². The Morgan fingerprint density at radius 2 is 2.18 bits per heavy atom. The van der Waals surface area contributed by atoms with Crippen molar-refractivity contribution in [1.82, 2.24) is 9.97 Å². The predicted octanol–water partition coefficient (Wildman–Crippen LogP) is 2.08. The lowest BCUT2D eigenvalue weighted by molar-refractivity contribution is 0.100. The Balaban J connectivity index is 2.75. The topological polar surface area (TPSA) is 80.9 Å². The zero-order valence-corrected chi connectivity index (χ0v) is 11.0. The van der Waals surface area contributed by atoms with Gasteiger partial charge in [-0.1, -0.05) is 20.8 Å². The third kappa shape index (κ3) is 4.56. The molecule has 0 aliphatic carbocycles. The van der Waals surface area contributed by atoms with Gasteiger partial charge in [-0.3, -0.25) is 4.79 Å². The summed E-state index contributed by atoms with van der Waals surface area (Å²) in [7, 11) is 0. The number of halogens is 1. The third-order valence-corrected chi connectivity index (χ3v) is 2.37. The Morgan fingerprint density at radius 1 is 1.53 bits per heavy atom. The van der Waals surface area contributed by atoms with Gasteiger partial charge in [-0.05, 0) is 23.4 Å². The number of hydrogen-bond acceptors (Lipinski definition) is 4. The molecule has 0 fully saturated rings. The molecule has 0 aliphatic rings. The number of nitrogens with zero attached hydrogens (tertiary/aromatic N) is 2. The van der Waals surface area contributed by atoms with Crippen LogP contribution in [0.25, 0.3) is 0 Å². The zero-order valence-electron chi connectivity index (χ0n) is 10.2. The summed E-state index contributed by atoms with van der Waals surface area (Å²) in [5, 5.41) is 3.15. The number of nitrogens with two attached hydrogens (primary N) is 1. The lowest BCUT2D eigenvalue weighted by atomic mass is 9.92. The summed E-state index contributed by atoms with van der Waals surface area (Å²) in [6.07, 6.45) is 2.27. The first-order valence-corrected chi connectivity index (χ1v) is 5.73. The van der Waals surface area contributed by atoms with Crippen molar-refractivity contribution in [2.75, 3.05) is 11.9 Å². The number of aromatic nitrogens is 2. The Labute approximate surface area is 106 Å². The van der Waals surface area contributed by atoms with Crippen LogP contribution in [0.4, 0.5) is 5.82 Å². The monoisotopic (exact) mass is 256 g/mol. The third-order valence-electron chi connectivity index (χ3n) is 2.19. The van der Waals surface area contributed by atoms with Crippen molar-refractivity contribution in [1.29, 1.82) is 0 Å². The summed E-state index contributed by atoms with van der Waals surface area (Å²) < 4.78 is 0.